The van der Waals surface area contributed by atoms with E-state index in [4.69, 9.17) is 4.74 Å². The van der Waals surface area contributed by atoms with Gasteiger partial charge >= 0.3 is 35.7 Å². The van der Waals surface area contributed by atoms with Crippen molar-refractivity contribution in [1.29, 1.82) is 0 Å². The number of carbonyl (C=O) groups excluding carboxylic acids is 4. The fourth-order valence-electron chi connectivity index (χ4n) is 4.19. The number of alkyl carbamates (subject to hydrolysis) is 1. The van der Waals surface area contributed by atoms with E-state index in [2.05, 4.69) is 10.6 Å². The summed E-state index contributed by atoms with van der Waals surface area (Å²) in [5.74, 6) is -2.43. The molecule has 0 radical (unpaired) electrons. The van der Waals surface area contributed by atoms with Crippen molar-refractivity contribution in [2.24, 2.45) is 0 Å². The van der Waals surface area contributed by atoms with Crippen LogP contribution in [-0.2, 0) is 25.7 Å². The third kappa shape index (κ3) is 5.66. The molecule has 0 aliphatic carbocycles. The number of nitrogens with zero attached hydrogens (tertiary/aromatic N) is 1. The molecule has 2 heterocycles. The van der Waals surface area contributed by atoms with Crippen LogP contribution in [0.25, 0.3) is 0 Å². The Morgan fingerprint density at radius 3 is 2.29 bits per heavy atom. The Balaban J connectivity index is 0.00000342. The molecule has 3 amide bonds. The van der Waals surface area contributed by atoms with Gasteiger partial charge in [0.1, 0.15) is 24.1 Å². The second-order valence-corrected chi connectivity index (χ2v) is 10.4. The van der Waals surface area contributed by atoms with Gasteiger partial charge in [-0.3, -0.25) is 9.59 Å². The van der Waals surface area contributed by atoms with E-state index < -0.39 is 52.1 Å². The summed E-state index contributed by atoms with van der Waals surface area (Å²) in [6, 6.07) is 14.6. The van der Waals surface area contributed by atoms with Crippen molar-refractivity contribution in [3.63, 3.8) is 0 Å². The van der Waals surface area contributed by atoms with E-state index in [0.717, 1.165) is 5.56 Å². The zero-order chi connectivity index (χ0) is 24.5. The number of β-lactam (4-membered cyclic amide) rings is 1. The number of rotatable bonds is 7. The first-order valence-electron chi connectivity index (χ1n) is 10.7. The van der Waals surface area contributed by atoms with Crippen molar-refractivity contribution >= 4 is 35.6 Å². The van der Waals surface area contributed by atoms with Gasteiger partial charge in [-0.15, -0.1) is 11.8 Å². The standard InChI is InChI=1S/C24H25N3O6S.Na/c1-24(2)18(22(30)31)27-20(29)17(21(27)34-24)25-19(28)16(15-11-7-4-8-12-15)26-23(32)33-13-14-9-5-3-6-10-14;/h3-12,16-18,21H,13H2,1-2H3,(H,25,28)(H,26,32)(H,30,31);/q;+1/p-1/t16?,17?,18-,21+;/m0./s1. The molecule has 11 heteroatoms. The summed E-state index contributed by atoms with van der Waals surface area (Å²) in [5.41, 5.74) is 1.30. The Bertz CT molecular complexity index is 1100. The van der Waals surface area contributed by atoms with Gasteiger partial charge in [-0.2, -0.15) is 0 Å². The van der Waals surface area contributed by atoms with Crippen LogP contribution in [-0.4, -0.2) is 51.0 Å². The molecule has 2 aliphatic heterocycles. The van der Waals surface area contributed by atoms with Crippen LogP contribution in [0.2, 0.25) is 0 Å². The number of nitrogens with one attached hydrogen (secondary N) is 2. The van der Waals surface area contributed by atoms with Crippen LogP contribution in [0.15, 0.2) is 60.7 Å². The van der Waals surface area contributed by atoms with Gasteiger partial charge in [0.15, 0.2) is 0 Å². The second kappa shape index (κ2) is 11.0. The number of hydrogen-bond acceptors (Lipinski definition) is 7. The monoisotopic (exact) mass is 505 g/mol. The van der Waals surface area contributed by atoms with E-state index in [9.17, 15) is 24.3 Å². The average molecular weight is 506 g/mol. The number of benzene rings is 2. The molecule has 2 fully saturated rings. The average Bonchev–Trinajstić information content (AvgIpc) is 3.08. The molecule has 2 saturated heterocycles. The first-order valence-corrected chi connectivity index (χ1v) is 11.6. The summed E-state index contributed by atoms with van der Waals surface area (Å²) in [5, 5.41) is 16.3. The molecule has 2 aliphatic rings. The van der Waals surface area contributed by atoms with Crippen molar-refractivity contribution < 1.29 is 58.6 Å². The normalized spacial score (nSPS) is 22.6. The minimum absolute atomic E-state index is 0. The van der Waals surface area contributed by atoms with Crippen molar-refractivity contribution in [2.45, 2.75) is 48.7 Å². The van der Waals surface area contributed by atoms with Crippen LogP contribution in [0.4, 0.5) is 4.79 Å². The molecule has 0 aromatic heterocycles. The number of fused-ring (bicyclic) bond motifs is 1. The maximum absolute atomic E-state index is 13.2. The molecule has 4 atom stereocenters. The molecule has 0 bridgehead atoms. The summed E-state index contributed by atoms with van der Waals surface area (Å²) in [4.78, 5) is 51.2. The van der Waals surface area contributed by atoms with Crippen LogP contribution in [0.1, 0.15) is 31.0 Å². The first-order chi connectivity index (χ1) is 16.2. The molecule has 35 heavy (non-hydrogen) atoms. The van der Waals surface area contributed by atoms with Gasteiger partial charge in [0, 0.05) is 4.75 Å². The van der Waals surface area contributed by atoms with Crippen LogP contribution in [0.3, 0.4) is 0 Å². The maximum atomic E-state index is 13.2. The number of carbonyl (C=O) groups is 4. The SMILES string of the molecule is CC1(C)S[C@@H]2C(NC(=O)C(NC(=O)OCc3ccccc3)c3ccccc3)C(=O)N2[C@H]1C(=O)[O-].[Na+]. The zero-order valence-corrected chi connectivity index (χ0v) is 22.4. The fourth-order valence-corrected chi connectivity index (χ4v) is 5.81. The van der Waals surface area contributed by atoms with Gasteiger partial charge < -0.3 is 30.2 Å². The van der Waals surface area contributed by atoms with E-state index in [1.165, 1.54) is 16.7 Å². The van der Waals surface area contributed by atoms with Crippen molar-refractivity contribution in [3.8, 4) is 0 Å². The van der Waals surface area contributed by atoms with E-state index >= 15 is 0 Å². The number of hydrogen-bond donors (Lipinski definition) is 2. The second-order valence-electron chi connectivity index (χ2n) is 8.61. The Morgan fingerprint density at radius 2 is 1.69 bits per heavy atom. The molecule has 2 unspecified atom stereocenters. The van der Waals surface area contributed by atoms with Crippen LogP contribution in [0, 0.1) is 0 Å². The predicted octanol–water partition coefficient (Wildman–Crippen LogP) is -2.04. The Hall–Kier alpha value is -2.53. The number of thioether (sulfide) groups is 1. The van der Waals surface area contributed by atoms with Crippen molar-refractivity contribution in [2.75, 3.05) is 0 Å². The van der Waals surface area contributed by atoms with E-state index in [0.29, 0.717) is 5.56 Å². The third-order valence-corrected chi connectivity index (χ3v) is 7.40. The van der Waals surface area contributed by atoms with Gasteiger partial charge in [0.25, 0.3) is 0 Å². The van der Waals surface area contributed by atoms with Crippen LogP contribution in [0.5, 0.6) is 0 Å². The predicted molar refractivity (Wildman–Crippen MR) is 122 cm³/mol. The molecular weight excluding hydrogens is 481 g/mol. The fraction of sp³-hybridized carbons (Fsp3) is 0.333. The van der Waals surface area contributed by atoms with Gasteiger partial charge in [-0.05, 0) is 25.0 Å². The summed E-state index contributed by atoms with van der Waals surface area (Å²) >= 11 is 1.29. The third-order valence-electron chi connectivity index (χ3n) is 5.83. The largest absolute Gasteiger partial charge is 1.00 e. The number of carboxylic acid groups (broad SMARTS) is 1. The smallest absolute Gasteiger partial charge is 0.548 e. The number of ether oxygens (including phenoxy) is 1. The van der Waals surface area contributed by atoms with Crippen LogP contribution >= 0.6 is 11.8 Å². The Labute approximate surface area is 229 Å². The molecule has 0 saturated carbocycles. The zero-order valence-electron chi connectivity index (χ0n) is 19.6. The van der Waals surface area contributed by atoms with E-state index in [-0.39, 0.29) is 36.2 Å². The molecule has 2 aromatic rings. The number of amides is 3. The summed E-state index contributed by atoms with van der Waals surface area (Å²) in [6.07, 6.45) is -0.789. The van der Waals surface area contributed by atoms with E-state index in [1.54, 1.807) is 44.2 Å². The van der Waals surface area contributed by atoms with Gasteiger partial charge in [-0.25, -0.2) is 4.79 Å². The van der Waals surface area contributed by atoms with Crippen molar-refractivity contribution in [1.82, 2.24) is 15.5 Å². The Morgan fingerprint density at radius 1 is 1.09 bits per heavy atom. The topological polar surface area (TPSA) is 128 Å². The quantitative estimate of drug-likeness (QED) is 0.328. The maximum Gasteiger partial charge on any atom is 1.00 e. The first kappa shape index (κ1) is 27.1. The van der Waals surface area contributed by atoms with Crippen molar-refractivity contribution in [3.05, 3.63) is 71.8 Å². The molecule has 2 aromatic carbocycles. The molecular formula is C24H24N3NaO6S. The minimum atomic E-state index is -1.33. The molecule has 178 valence electrons. The minimum Gasteiger partial charge on any atom is -0.548 e. The summed E-state index contributed by atoms with van der Waals surface area (Å²) in [7, 11) is 0. The van der Waals surface area contributed by atoms with Gasteiger partial charge in [0.05, 0.1) is 12.0 Å². The van der Waals surface area contributed by atoms with E-state index in [1.807, 2.05) is 30.3 Å². The Kier molecular flexibility index (Phi) is 8.53. The van der Waals surface area contributed by atoms with Gasteiger partial charge in [0.2, 0.25) is 11.8 Å². The van der Waals surface area contributed by atoms with Crippen LogP contribution < -0.4 is 45.3 Å². The molecule has 2 N–H and O–H groups in total. The molecule has 9 nitrogen and oxygen atoms in total. The molecule has 0 spiro atoms. The summed E-state index contributed by atoms with van der Waals surface area (Å²) in [6.45, 7) is 3.48. The number of aliphatic carboxylic acids is 1. The van der Waals surface area contributed by atoms with Gasteiger partial charge in [-0.1, -0.05) is 60.7 Å². The molecule has 4 rings (SSSR count). The number of carboxylic acids is 1. The summed E-state index contributed by atoms with van der Waals surface area (Å²) < 4.78 is 4.49.